The second kappa shape index (κ2) is 9.87. The number of carboxylic acids is 1. The molecule has 4 saturated carbocycles. The molecule has 0 saturated heterocycles. The Bertz CT molecular complexity index is 1240. The number of fused-ring (bicyclic) bond motifs is 6. The summed E-state index contributed by atoms with van der Waals surface area (Å²) in [7, 11) is 0. The number of aliphatic hydroxyl groups excluding tert-OH is 2. The molecule has 4 fully saturated rings. The lowest BCUT2D eigenvalue weighted by atomic mass is 9.41. The zero-order valence-corrected chi connectivity index (χ0v) is 24.3. The van der Waals surface area contributed by atoms with E-state index in [0.717, 1.165) is 42.9 Å². The van der Waals surface area contributed by atoms with Crippen molar-refractivity contribution in [3.8, 4) is 0 Å². The van der Waals surface area contributed by atoms with Gasteiger partial charge >= 0.3 is 5.97 Å². The van der Waals surface area contributed by atoms with Crippen molar-refractivity contribution in [3.63, 3.8) is 0 Å². The van der Waals surface area contributed by atoms with Crippen LogP contribution in [-0.4, -0.2) is 33.5 Å². The molecule has 0 aliphatic heterocycles. The second-order valence-corrected chi connectivity index (χ2v) is 14.5. The molecule has 4 aliphatic rings. The van der Waals surface area contributed by atoms with Crippen molar-refractivity contribution in [3.05, 3.63) is 47.5 Å². The molecule has 4 aliphatic carbocycles. The molecule has 11 atom stereocenters. The van der Waals surface area contributed by atoms with E-state index < -0.39 is 5.97 Å². The van der Waals surface area contributed by atoms with Crippen molar-refractivity contribution < 1.29 is 20.1 Å². The molecule has 3 N–H and O–H groups in total. The summed E-state index contributed by atoms with van der Waals surface area (Å²) in [6.07, 6.45) is 9.28. The quantitative estimate of drug-likeness (QED) is 0.376. The Labute approximate surface area is 234 Å². The summed E-state index contributed by atoms with van der Waals surface area (Å²) in [5.41, 5.74) is 2.08. The first-order valence-electron chi connectivity index (χ1n) is 15.7. The Hall–Kier alpha value is -1.91. The highest BCUT2D eigenvalue weighted by Crippen LogP contribution is 2.69. The van der Waals surface area contributed by atoms with Gasteiger partial charge in [0, 0.05) is 0 Å². The van der Waals surface area contributed by atoms with Crippen molar-refractivity contribution in [2.45, 2.75) is 97.7 Å². The number of carboxylic acid groups (broad SMARTS) is 1. The number of aromatic carboxylic acids is 1. The van der Waals surface area contributed by atoms with Crippen molar-refractivity contribution in [1.82, 2.24) is 0 Å². The molecule has 0 aromatic heterocycles. The average molecular weight is 533 g/mol. The molecule has 39 heavy (non-hydrogen) atoms. The van der Waals surface area contributed by atoms with E-state index in [1.54, 1.807) is 6.07 Å². The largest absolute Gasteiger partial charge is 0.478 e. The monoisotopic (exact) mass is 532 g/mol. The fraction of sp³-hybridized carbons (Fsp3) is 0.686. The van der Waals surface area contributed by atoms with Crippen LogP contribution in [0.3, 0.4) is 0 Å². The van der Waals surface area contributed by atoms with E-state index in [0.29, 0.717) is 47.0 Å². The van der Waals surface area contributed by atoms with E-state index in [1.165, 1.54) is 31.2 Å². The van der Waals surface area contributed by atoms with Crippen molar-refractivity contribution in [1.29, 1.82) is 0 Å². The average Bonchev–Trinajstić information content (AvgIpc) is 3.26. The molecule has 212 valence electrons. The minimum absolute atomic E-state index is 0.201. The molecule has 4 nitrogen and oxygen atoms in total. The van der Waals surface area contributed by atoms with Gasteiger partial charge in [0.2, 0.25) is 0 Å². The third kappa shape index (κ3) is 4.19. The molecule has 2 aromatic rings. The van der Waals surface area contributed by atoms with Gasteiger partial charge in [-0.1, -0.05) is 64.4 Å². The smallest absolute Gasteiger partial charge is 0.336 e. The lowest BCUT2D eigenvalue weighted by Gasteiger charge is -2.64. The normalized spacial score (nSPS) is 42.4. The second-order valence-electron chi connectivity index (χ2n) is 14.5. The number of carbonyl (C=O) groups is 1. The maximum absolute atomic E-state index is 12.0. The fourth-order valence-electron chi connectivity index (χ4n) is 11.1. The standard InChI is InChI=1S/C35H48O4/c1-5-24-30-19-23(36)13-15-35(30,4)29-14-16-34(3)27(11-12-28(34)31(29)32(24)37)20(2)17-21-9-10-22-7-6-8-25(33(38)39)26(22)18-21/h6-10,18,20,23-24,27-32,36-37H,5,11-17,19H2,1-4H3,(H,38,39)/t20-,23-,24-,27?,28?,29?,30+,31?,32-,34-,35-/m1/s1. The van der Waals surface area contributed by atoms with Crippen LogP contribution in [-0.2, 0) is 6.42 Å². The highest BCUT2D eigenvalue weighted by Gasteiger charge is 2.64. The molecule has 0 amide bonds. The molecule has 0 heterocycles. The molecule has 0 spiro atoms. The lowest BCUT2D eigenvalue weighted by molar-refractivity contribution is -0.203. The fourth-order valence-corrected chi connectivity index (χ4v) is 11.1. The summed E-state index contributed by atoms with van der Waals surface area (Å²) < 4.78 is 0. The van der Waals surface area contributed by atoms with Gasteiger partial charge in [0.1, 0.15) is 0 Å². The Morgan fingerprint density at radius 3 is 2.46 bits per heavy atom. The van der Waals surface area contributed by atoms with Crippen molar-refractivity contribution in [2.75, 3.05) is 0 Å². The summed E-state index contributed by atoms with van der Waals surface area (Å²) >= 11 is 0. The summed E-state index contributed by atoms with van der Waals surface area (Å²) in [5.74, 6) is 2.48. The van der Waals surface area contributed by atoms with Gasteiger partial charge in [0.25, 0.3) is 0 Å². The van der Waals surface area contributed by atoms with Crippen molar-refractivity contribution >= 4 is 16.7 Å². The van der Waals surface area contributed by atoms with Crippen LogP contribution in [0.2, 0.25) is 0 Å². The van der Waals surface area contributed by atoms with E-state index in [1.807, 2.05) is 12.1 Å². The van der Waals surface area contributed by atoms with Gasteiger partial charge in [-0.2, -0.15) is 0 Å². The minimum Gasteiger partial charge on any atom is -0.478 e. The van der Waals surface area contributed by atoms with Gasteiger partial charge in [-0.15, -0.1) is 0 Å². The molecule has 0 radical (unpaired) electrons. The van der Waals surface area contributed by atoms with Gasteiger partial charge in [-0.25, -0.2) is 4.79 Å². The maximum Gasteiger partial charge on any atom is 0.336 e. The number of aliphatic hydroxyl groups is 2. The van der Waals surface area contributed by atoms with Gasteiger partial charge < -0.3 is 15.3 Å². The molecule has 0 bridgehead atoms. The Morgan fingerprint density at radius 2 is 1.72 bits per heavy atom. The minimum atomic E-state index is -0.867. The van der Waals surface area contributed by atoms with Crippen LogP contribution in [0, 0.1) is 52.3 Å². The third-order valence-corrected chi connectivity index (χ3v) is 12.9. The Morgan fingerprint density at radius 1 is 0.974 bits per heavy atom. The summed E-state index contributed by atoms with van der Waals surface area (Å²) in [6.45, 7) is 9.70. The Balaban J connectivity index is 1.26. The van der Waals surface area contributed by atoms with Crippen LogP contribution >= 0.6 is 0 Å². The number of hydrogen-bond donors (Lipinski definition) is 3. The molecule has 2 aromatic carbocycles. The van der Waals surface area contributed by atoms with Crippen LogP contribution in [0.4, 0.5) is 0 Å². The van der Waals surface area contributed by atoms with E-state index in [2.05, 4.69) is 45.9 Å². The predicted octanol–water partition coefficient (Wildman–Crippen LogP) is 7.34. The molecule has 4 heteroatoms. The number of rotatable bonds is 5. The van der Waals surface area contributed by atoms with Crippen molar-refractivity contribution in [2.24, 2.45) is 52.3 Å². The van der Waals surface area contributed by atoms with E-state index in [-0.39, 0.29) is 23.0 Å². The van der Waals surface area contributed by atoms with Crippen LogP contribution < -0.4 is 0 Å². The first-order chi connectivity index (χ1) is 18.6. The van der Waals surface area contributed by atoms with E-state index in [9.17, 15) is 20.1 Å². The first kappa shape index (κ1) is 27.3. The summed E-state index contributed by atoms with van der Waals surface area (Å²) in [5, 5.41) is 34.1. The number of benzene rings is 2. The van der Waals surface area contributed by atoms with E-state index >= 15 is 0 Å². The summed E-state index contributed by atoms with van der Waals surface area (Å²) in [4.78, 5) is 11.8. The Kier molecular flexibility index (Phi) is 6.90. The zero-order chi connectivity index (χ0) is 27.7. The summed E-state index contributed by atoms with van der Waals surface area (Å²) in [6, 6.07) is 11.9. The SMILES string of the molecule is CC[C@H]1[C@@H](O)C2C3CCC([C@H](C)Cc4ccc5cccc(C(=O)O)c5c4)[C@@]3(C)CCC2[C@@]2(C)CC[C@@H](O)C[C@@H]12. The lowest BCUT2D eigenvalue weighted by Crippen LogP contribution is -2.62. The van der Waals surface area contributed by atoms with Crippen LogP contribution in [0.5, 0.6) is 0 Å². The van der Waals surface area contributed by atoms with Crippen LogP contribution in [0.25, 0.3) is 10.8 Å². The van der Waals surface area contributed by atoms with Gasteiger partial charge in [-0.05, 0) is 126 Å². The highest BCUT2D eigenvalue weighted by molar-refractivity contribution is 6.03. The molecular formula is C35H48O4. The van der Waals surface area contributed by atoms with Gasteiger partial charge in [-0.3, -0.25) is 0 Å². The molecular weight excluding hydrogens is 484 g/mol. The highest BCUT2D eigenvalue weighted by atomic mass is 16.4. The van der Waals surface area contributed by atoms with Gasteiger partial charge in [0.05, 0.1) is 17.8 Å². The topological polar surface area (TPSA) is 77.8 Å². The van der Waals surface area contributed by atoms with Crippen LogP contribution in [0.15, 0.2) is 36.4 Å². The maximum atomic E-state index is 12.0. The third-order valence-electron chi connectivity index (χ3n) is 12.9. The van der Waals surface area contributed by atoms with E-state index in [4.69, 9.17) is 0 Å². The number of hydrogen-bond acceptors (Lipinski definition) is 3. The zero-order valence-electron chi connectivity index (χ0n) is 24.3. The predicted molar refractivity (Wildman–Crippen MR) is 156 cm³/mol. The van der Waals surface area contributed by atoms with Crippen LogP contribution in [0.1, 0.15) is 95.0 Å². The van der Waals surface area contributed by atoms with Gasteiger partial charge in [0.15, 0.2) is 0 Å². The molecule has 6 rings (SSSR count). The molecule has 4 unspecified atom stereocenters. The first-order valence-corrected chi connectivity index (χ1v) is 15.7.